The van der Waals surface area contributed by atoms with Gasteiger partial charge in [0, 0.05) is 19.6 Å². The molecule has 0 aliphatic heterocycles. The highest BCUT2D eigenvalue weighted by atomic mass is 19.1. The Bertz CT molecular complexity index is 350. The van der Waals surface area contributed by atoms with Crippen LogP contribution in [0.3, 0.4) is 0 Å². The topological polar surface area (TPSA) is 29.3 Å². The molecule has 88 valence electrons. The molecule has 2 rings (SSSR count). The van der Waals surface area contributed by atoms with Gasteiger partial charge in [-0.3, -0.25) is 0 Å². The van der Waals surface area contributed by atoms with Crippen molar-refractivity contribution < 1.29 is 4.39 Å². The van der Waals surface area contributed by atoms with E-state index in [4.69, 9.17) is 5.73 Å². The van der Waals surface area contributed by atoms with Gasteiger partial charge in [0.1, 0.15) is 5.82 Å². The molecule has 1 atom stereocenters. The highest BCUT2D eigenvalue weighted by Gasteiger charge is 2.29. The molecule has 1 saturated carbocycles. The summed E-state index contributed by atoms with van der Waals surface area (Å²) in [6.07, 6.45) is 3.73. The smallest absolute Gasteiger partial charge is 0.146 e. The van der Waals surface area contributed by atoms with Gasteiger partial charge in [0.05, 0.1) is 5.69 Å². The van der Waals surface area contributed by atoms with Crippen LogP contribution in [0.5, 0.6) is 0 Å². The number of likely N-dealkylation sites (N-methyl/N-ethyl adjacent to an activating group) is 1. The molecule has 0 spiro atoms. The molecule has 0 bridgehead atoms. The maximum Gasteiger partial charge on any atom is 0.146 e. The Hall–Kier alpha value is -1.09. The molecule has 0 aromatic heterocycles. The second-order valence-corrected chi connectivity index (χ2v) is 4.56. The minimum atomic E-state index is -0.164. The van der Waals surface area contributed by atoms with Gasteiger partial charge in [-0.15, -0.1) is 0 Å². The van der Waals surface area contributed by atoms with Crippen LogP contribution in [-0.4, -0.2) is 19.6 Å². The molecule has 0 radical (unpaired) electrons. The molecule has 0 saturated heterocycles. The van der Waals surface area contributed by atoms with Gasteiger partial charge < -0.3 is 10.6 Å². The number of hydrogen-bond donors (Lipinski definition) is 1. The monoisotopic (exact) mass is 222 g/mol. The van der Waals surface area contributed by atoms with Crippen molar-refractivity contribution >= 4 is 5.69 Å². The highest BCUT2D eigenvalue weighted by Crippen LogP contribution is 2.33. The van der Waals surface area contributed by atoms with Crippen molar-refractivity contribution in [3.8, 4) is 0 Å². The zero-order valence-electron chi connectivity index (χ0n) is 9.70. The molecule has 0 amide bonds. The van der Waals surface area contributed by atoms with E-state index in [1.807, 2.05) is 24.1 Å². The van der Waals surface area contributed by atoms with E-state index in [-0.39, 0.29) is 11.9 Å². The van der Waals surface area contributed by atoms with E-state index in [0.29, 0.717) is 18.2 Å². The molecule has 2 N–H and O–H groups in total. The summed E-state index contributed by atoms with van der Waals surface area (Å²) in [5.41, 5.74) is 6.46. The van der Waals surface area contributed by atoms with E-state index < -0.39 is 0 Å². The number of nitrogens with two attached hydrogens (primary N) is 1. The van der Waals surface area contributed by atoms with Crippen LogP contribution in [0.25, 0.3) is 0 Å². The number of para-hydroxylation sites is 1. The van der Waals surface area contributed by atoms with Gasteiger partial charge >= 0.3 is 0 Å². The van der Waals surface area contributed by atoms with Gasteiger partial charge in [-0.2, -0.15) is 0 Å². The van der Waals surface area contributed by atoms with Crippen LogP contribution >= 0.6 is 0 Å². The average molecular weight is 222 g/mol. The molecule has 16 heavy (non-hydrogen) atoms. The van der Waals surface area contributed by atoms with Crippen molar-refractivity contribution in [1.29, 1.82) is 0 Å². The third kappa shape index (κ3) is 2.05. The number of benzene rings is 1. The van der Waals surface area contributed by atoms with E-state index in [1.165, 1.54) is 25.3 Å². The summed E-state index contributed by atoms with van der Waals surface area (Å²) in [7, 11) is 1.94. The molecule has 3 heteroatoms. The average Bonchev–Trinajstić information content (AvgIpc) is 2.23. The number of nitrogens with zero attached hydrogens (tertiary/aromatic N) is 1. The fourth-order valence-electron chi connectivity index (χ4n) is 2.41. The Balaban J connectivity index is 2.16. The van der Waals surface area contributed by atoms with E-state index >= 15 is 0 Å². The van der Waals surface area contributed by atoms with E-state index in [2.05, 4.69) is 0 Å². The number of halogens is 1. The van der Waals surface area contributed by atoms with Crippen molar-refractivity contribution in [2.45, 2.75) is 25.3 Å². The van der Waals surface area contributed by atoms with Crippen LogP contribution in [0, 0.1) is 11.7 Å². The quantitative estimate of drug-likeness (QED) is 0.847. The molecule has 1 fully saturated rings. The summed E-state index contributed by atoms with van der Waals surface area (Å²) >= 11 is 0. The lowest BCUT2D eigenvalue weighted by atomic mass is 9.79. The molecular weight excluding hydrogens is 203 g/mol. The number of rotatable bonds is 4. The lowest BCUT2D eigenvalue weighted by Crippen LogP contribution is -2.46. The van der Waals surface area contributed by atoms with Gasteiger partial charge in [-0.05, 0) is 30.9 Å². The first-order chi connectivity index (χ1) is 7.74. The predicted octanol–water partition coefficient (Wildman–Crippen LogP) is 2.39. The Morgan fingerprint density at radius 2 is 2.12 bits per heavy atom. The summed E-state index contributed by atoms with van der Waals surface area (Å²) in [4.78, 5) is 2.00. The summed E-state index contributed by atoms with van der Waals surface area (Å²) in [6, 6.07) is 7.17. The predicted molar refractivity (Wildman–Crippen MR) is 65.0 cm³/mol. The van der Waals surface area contributed by atoms with E-state index in [9.17, 15) is 4.39 Å². The molecule has 1 aromatic rings. The minimum absolute atomic E-state index is 0.164. The lowest BCUT2D eigenvalue weighted by Gasteiger charge is -2.40. The Kier molecular flexibility index (Phi) is 3.44. The van der Waals surface area contributed by atoms with Crippen LogP contribution in [0.2, 0.25) is 0 Å². The summed E-state index contributed by atoms with van der Waals surface area (Å²) < 4.78 is 13.6. The molecule has 1 aliphatic carbocycles. The van der Waals surface area contributed by atoms with Gasteiger partial charge in [-0.25, -0.2) is 4.39 Å². The molecular formula is C13H19FN2. The number of anilines is 1. The first-order valence-corrected chi connectivity index (χ1v) is 5.91. The first kappa shape index (κ1) is 11.4. The fraction of sp³-hybridized carbons (Fsp3) is 0.538. The normalized spacial score (nSPS) is 17.9. The van der Waals surface area contributed by atoms with Crippen LogP contribution in [-0.2, 0) is 0 Å². The maximum atomic E-state index is 13.6. The van der Waals surface area contributed by atoms with Crippen molar-refractivity contribution in [2.75, 3.05) is 18.5 Å². The van der Waals surface area contributed by atoms with E-state index in [1.54, 1.807) is 6.07 Å². The molecule has 1 aromatic carbocycles. The number of hydrogen-bond acceptors (Lipinski definition) is 2. The Morgan fingerprint density at radius 3 is 2.62 bits per heavy atom. The Labute approximate surface area is 96.2 Å². The second-order valence-electron chi connectivity index (χ2n) is 4.56. The van der Waals surface area contributed by atoms with Crippen LogP contribution < -0.4 is 10.6 Å². The summed E-state index contributed by atoms with van der Waals surface area (Å²) in [5, 5.41) is 0. The third-order valence-corrected chi connectivity index (χ3v) is 3.67. The van der Waals surface area contributed by atoms with Crippen LogP contribution in [0.1, 0.15) is 19.3 Å². The summed E-state index contributed by atoms with van der Waals surface area (Å²) in [6.45, 7) is 0.593. The van der Waals surface area contributed by atoms with Crippen LogP contribution in [0.15, 0.2) is 24.3 Å². The molecule has 1 unspecified atom stereocenters. The zero-order valence-corrected chi connectivity index (χ0v) is 9.70. The standard InChI is InChI=1S/C13H19FN2/c1-16(12-8-3-2-7-11(12)14)13(9-15)10-5-4-6-10/h2-3,7-8,10,13H,4-6,9,15H2,1H3. The lowest BCUT2D eigenvalue weighted by molar-refractivity contribution is 0.259. The van der Waals surface area contributed by atoms with E-state index in [0.717, 1.165) is 0 Å². The Morgan fingerprint density at radius 1 is 1.44 bits per heavy atom. The first-order valence-electron chi connectivity index (χ1n) is 5.91. The van der Waals surface area contributed by atoms with Gasteiger partial charge in [-0.1, -0.05) is 18.6 Å². The molecule has 2 nitrogen and oxygen atoms in total. The van der Waals surface area contributed by atoms with Crippen molar-refractivity contribution in [3.63, 3.8) is 0 Å². The highest BCUT2D eigenvalue weighted by molar-refractivity contribution is 5.48. The summed E-state index contributed by atoms with van der Waals surface area (Å²) in [5.74, 6) is 0.470. The third-order valence-electron chi connectivity index (χ3n) is 3.67. The largest absolute Gasteiger partial charge is 0.368 e. The van der Waals surface area contributed by atoms with Gasteiger partial charge in [0.2, 0.25) is 0 Å². The minimum Gasteiger partial charge on any atom is -0.368 e. The second kappa shape index (κ2) is 4.83. The SMILES string of the molecule is CN(c1ccccc1F)C(CN)C1CCC1. The van der Waals surface area contributed by atoms with Crippen molar-refractivity contribution in [3.05, 3.63) is 30.1 Å². The maximum absolute atomic E-state index is 13.6. The van der Waals surface area contributed by atoms with Gasteiger partial charge in [0.15, 0.2) is 0 Å². The van der Waals surface area contributed by atoms with Crippen LogP contribution in [0.4, 0.5) is 10.1 Å². The van der Waals surface area contributed by atoms with Crippen molar-refractivity contribution in [1.82, 2.24) is 0 Å². The molecule has 1 aliphatic rings. The fourth-order valence-corrected chi connectivity index (χ4v) is 2.41. The van der Waals surface area contributed by atoms with Gasteiger partial charge in [0.25, 0.3) is 0 Å². The van der Waals surface area contributed by atoms with Crippen molar-refractivity contribution in [2.24, 2.45) is 11.7 Å². The molecule has 0 heterocycles. The zero-order chi connectivity index (χ0) is 11.5.